The van der Waals surface area contributed by atoms with Crippen molar-refractivity contribution in [2.24, 2.45) is 0 Å². The van der Waals surface area contributed by atoms with E-state index in [1.807, 2.05) is 30.3 Å². The minimum Gasteiger partial charge on any atom is -0.497 e. The highest BCUT2D eigenvalue weighted by molar-refractivity contribution is 6.00. The first-order chi connectivity index (χ1) is 15.6. The summed E-state index contributed by atoms with van der Waals surface area (Å²) in [5.41, 5.74) is 1.34. The molecule has 0 saturated heterocycles. The maximum Gasteiger partial charge on any atom is 0.344 e. The smallest absolute Gasteiger partial charge is 0.344 e. The van der Waals surface area contributed by atoms with Crippen LogP contribution in [0.5, 0.6) is 23.0 Å². The van der Waals surface area contributed by atoms with Crippen molar-refractivity contribution in [1.29, 1.82) is 0 Å². The Bertz CT molecular complexity index is 1030. The van der Waals surface area contributed by atoms with Crippen LogP contribution < -0.4 is 18.9 Å². The summed E-state index contributed by atoms with van der Waals surface area (Å²) in [6.45, 7) is -0.301. The van der Waals surface area contributed by atoms with E-state index in [1.54, 1.807) is 36.4 Å². The summed E-state index contributed by atoms with van der Waals surface area (Å²) in [4.78, 5) is 24.4. The van der Waals surface area contributed by atoms with Gasteiger partial charge in [0.2, 0.25) is 5.78 Å². The molecule has 0 unspecified atom stereocenters. The van der Waals surface area contributed by atoms with Gasteiger partial charge in [0.15, 0.2) is 13.2 Å². The molecular formula is C25H24O7. The Morgan fingerprint density at radius 1 is 0.719 bits per heavy atom. The fourth-order valence-corrected chi connectivity index (χ4v) is 2.81. The fourth-order valence-electron chi connectivity index (χ4n) is 2.81. The molecule has 0 aliphatic rings. The monoisotopic (exact) mass is 436 g/mol. The molecule has 0 aliphatic heterocycles. The highest BCUT2D eigenvalue weighted by atomic mass is 16.6. The minimum absolute atomic E-state index is 0.270. The summed E-state index contributed by atoms with van der Waals surface area (Å²) in [5, 5.41) is 0. The zero-order valence-corrected chi connectivity index (χ0v) is 17.9. The van der Waals surface area contributed by atoms with Gasteiger partial charge in [-0.2, -0.15) is 0 Å². The van der Waals surface area contributed by atoms with Crippen molar-refractivity contribution < 1.29 is 33.3 Å². The van der Waals surface area contributed by atoms with Crippen LogP contribution in [0.15, 0.2) is 72.8 Å². The van der Waals surface area contributed by atoms with Crippen LogP contribution in [0.2, 0.25) is 0 Å². The fraction of sp³-hybridized carbons (Fsp3) is 0.200. The molecule has 0 fully saturated rings. The number of esters is 1. The van der Waals surface area contributed by atoms with Crippen molar-refractivity contribution in [3.05, 3.63) is 83.9 Å². The summed E-state index contributed by atoms with van der Waals surface area (Å²) in [5.74, 6) is 0.965. The van der Waals surface area contributed by atoms with Gasteiger partial charge in [0.1, 0.15) is 29.6 Å². The van der Waals surface area contributed by atoms with E-state index in [-0.39, 0.29) is 12.2 Å². The number of hydrogen-bond acceptors (Lipinski definition) is 7. The Kier molecular flexibility index (Phi) is 8.09. The Hall–Kier alpha value is -4.00. The highest BCUT2D eigenvalue weighted by Crippen LogP contribution is 2.24. The number of carbonyl (C=O) groups is 2. The third-order valence-corrected chi connectivity index (χ3v) is 4.50. The minimum atomic E-state index is -0.662. The van der Waals surface area contributed by atoms with Gasteiger partial charge in [-0.1, -0.05) is 30.3 Å². The number of methoxy groups -OCH3 is 2. The molecule has 0 spiro atoms. The topological polar surface area (TPSA) is 80.3 Å². The molecule has 0 aliphatic carbocycles. The van der Waals surface area contributed by atoms with Crippen molar-refractivity contribution >= 4 is 11.8 Å². The molecule has 3 aromatic rings. The van der Waals surface area contributed by atoms with Crippen molar-refractivity contribution in [2.75, 3.05) is 27.4 Å². The molecule has 0 saturated carbocycles. The number of benzene rings is 3. The largest absolute Gasteiger partial charge is 0.497 e. The highest BCUT2D eigenvalue weighted by Gasteiger charge is 2.16. The first-order valence-corrected chi connectivity index (χ1v) is 9.89. The second-order valence-electron chi connectivity index (χ2n) is 6.68. The second-order valence-corrected chi connectivity index (χ2v) is 6.68. The standard InChI is InChI=1S/C25H24O7/c1-28-21-12-13-24(29-2)22(14-21)23(26)16-32-25(27)17-31-20-10-8-19(9-11-20)30-15-18-6-4-3-5-7-18/h3-14H,15-17H2,1-2H3. The van der Waals surface area contributed by atoms with Gasteiger partial charge >= 0.3 is 5.97 Å². The molecule has 0 bridgehead atoms. The average Bonchev–Trinajstić information content (AvgIpc) is 2.85. The van der Waals surface area contributed by atoms with Gasteiger partial charge in [-0.3, -0.25) is 4.79 Å². The van der Waals surface area contributed by atoms with Crippen LogP contribution in [-0.2, 0) is 16.1 Å². The quantitative estimate of drug-likeness (QED) is 0.331. The molecule has 0 radical (unpaired) electrons. The van der Waals surface area contributed by atoms with E-state index < -0.39 is 18.4 Å². The second kappa shape index (κ2) is 11.4. The van der Waals surface area contributed by atoms with E-state index in [9.17, 15) is 9.59 Å². The third kappa shape index (κ3) is 6.50. The third-order valence-electron chi connectivity index (χ3n) is 4.50. The van der Waals surface area contributed by atoms with Gasteiger partial charge in [-0.15, -0.1) is 0 Å². The van der Waals surface area contributed by atoms with Crippen molar-refractivity contribution in [3.63, 3.8) is 0 Å². The molecule has 0 N–H and O–H groups in total. The summed E-state index contributed by atoms with van der Waals surface area (Å²) >= 11 is 0. The number of carbonyl (C=O) groups excluding carboxylic acids is 2. The lowest BCUT2D eigenvalue weighted by Gasteiger charge is -2.11. The van der Waals surface area contributed by atoms with Gasteiger partial charge in [-0.05, 0) is 48.0 Å². The Morgan fingerprint density at radius 2 is 1.38 bits per heavy atom. The summed E-state index contributed by atoms with van der Waals surface area (Å²) in [6.07, 6.45) is 0. The first kappa shape index (κ1) is 22.7. The molecule has 0 aromatic heterocycles. The molecule has 7 nitrogen and oxygen atoms in total. The molecule has 3 aromatic carbocycles. The van der Waals surface area contributed by atoms with Crippen LogP contribution >= 0.6 is 0 Å². The van der Waals surface area contributed by atoms with Crippen molar-refractivity contribution in [2.45, 2.75) is 6.61 Å². The zero-order chi connectivity index (χ0) is 22.8. The predicted molar refractivity (Wildman–Crippen MR) is 118 cm³/mol. The Labute approximate surface area is 186 Å². The molecule has 32 heavy (non-hydrogen) atoms. The van der Waals surface area contributed by atoms with E-state index in [4.69, 9.17) is 23.7 Å². The van der Waals surface area contributed by atoms with Crippen LogP contribution in [-0.4, -0.2) is 39.2 Å². The summed E-state index contributed by atoms with van der Waals surface area (Å²) < 4.78 is 26.5. The average molecular weight is 436 g/mol. The summed E-state index contributed by atoms with van der Waals surface area (Å²) in [7, 11) is 2.95. The lowest BCUT2D eigenvalue weighted by atomic mass is 10.1. The van der Waals surface area contributed by atoms with Crippen LogP contribution in [0.1, 0.15) is 15.9 Å². The molecule has 7 heteroatoms. The lowest BCUT2D eigenvalue weighted by molar-refractivity contribution is -0.144. The van der Waals surface area contributed by atoms with Gasteiger partial charge in [0, 0.05) is 0 Å². The van der Waals surface area contributed by atoms with E-state index >= 15 is 0 Å². The van der Waals surface area contributed by atoms with Crippen LogP contribution in [0.25, 0.3) is 0 Å². The van der Waals surface area contributed by atoms with E-state index in [1.165, 1.54) is 20.3 Å². The molecule has 0 heterocycles. The van der Waals surface area contributed by atoms with E-state index in [2.05, 4.69) is 0 Å². The molecular weight excluding hydrogens is 412 g/mol. The molecule has 0 amide bonds. The maximum atomic E-state index is 12.4. The lowest BCUT2D eigenvalue weighted by Crippen LogP contribution is -2.20. The maximum absolute atomic E-state index is 12.4. The number of Topliss-reactive ketones (excluding diaryl/α,β-unsaturated/α-hetero) is 1. The van der Waals surface area contributed by atoms with Crippen LogP contribution in [0.3, 0.4) is 0 Å². The van der Waals surface area contributed by atoms with Gasteiger partial charge in [-0.25, -0.2) is 4.79 Å². The Balaban J connectivity index is 1.44. The van der Waals surface area contributed by atoms with E-state index in [0.29, 0.717) is 29.6 Å². The Morgan fingerprint density at radius 3 is 2.03 bits per heavy atom. The van der Waals surface area contributed by atoms with Gasteiger partial charge in [0.25, 0.3) is 0 Å². The number of rotatable bonds is 11. The number of ketones is 1. The number of hydrogen-bond donors (Lipinski definition) is 0. The van der Waals surface area contributed by atoms with E-state index in [0.717, 1.165) is 5.56 Å². The normalized spacial score (nSPS) is 10.2. The van der Waals surface area contributed by atoms with Crippen molar-refractivity contribution in [3.8, 4) is 23.0 Å². The van der Waals surface area contributed by atoms with Crippen LogP contribution in [0, 0.1) is 0 Å². The first-order valence-electron chi connectivity index (χ1n) is 9.89. The molecule has 0 atom stereocenters. The SMILES string of the molecule is COc1ccc(OC)c(C(=O)COC(=O)COc2ccc(OCc3ccccc3)cc2)c1. The molecule has 166 valence electrons. The van der Waals surface area contributed by atoms with Gasteiger partial charge in [0.05, 0.1) is 19.8 Å². The van der Waals surface area contributed by atoms with Gasteiger partial charge < -0.3 is 23.7 Å². The van der Waals surface area contributed by atoms with Crippen LogP contribution in [0.4, 0.5) is 0 Å². The number of ether oxygens (including phenoxy) is 5. The summed E-state index contributed by atoms with van der Waals surface area (Å²) in [6, 6.07) is 21.5. The zero-order valence-electron chi connectivity index (χ0n) is 17.9. The molecule has 3 rings (SSSR count). The predicted octanol–water partition coefficient (Wildman–Crippen LogP) is 4.09. The van der Waals surface area contributed by atoms with Crippen molar-refractivity contribution in [1.82, 2.24) is 0 Å².